The molecule has 2 aliphatic heterocycles. The zero-order chi connectivity index (χ0) is 22.8. The van der Waals surface area contributed by atoms with Gasteiger partial charge in [0.1, 0.15) is 23.9 Å². The van der Waals surface area contributed by atoms with Gasteiger partial charge >= 0.3 is 0 Å². The number of nitrogens with two attached hydrogens (primary N) is 2. The Hall–Kier alpha value is -3.63. The molecule has 1 aromatic carbocycles. The number of fused-ring (bicyclic) bond motifs is 1. The number of hydrogen-bond acceptors (Lipinski definition) is 6. The first-order valence-electron chi connectivity index (χ1n) is 10.6. The number of para-hydroxylation sites is 1. The normalized spacial score (nSPS) is 19.7. The van der Waals surface area contributed by atoms with Crippen molar-refractivity contribution in [2.24, 2.45) is 23.5 Å². The molecule has 0 saturated carbocycles. The van der Waals surface area contributed by atoms with Gasteiger partial charge in [-0.15, -0.1) is 0 Å². The van der Waals surface area contributed by atoms with E-state index in [1.807, 2.05) is 25.2 Å². The van der Waals surface area contributed by atoms with E-state index in [1.165, 1.54) is 0 Å². The molecule has 11 heteroatoms. The average molecular weight is 441 g/mol. The highest BCUT2D eigenvalue weighted by molar-refractivity contribution is 6.03. The maximum Gasteiger partial charge on any atom is 0.244 e. The van der Waals surface area contributed by atoms with Gasteiger partial charge in [0.2, 0.25) is 17.7 Å². The number of piperidine rings is 2. The number of benzene rings is 1. The van der Waals surface area contributed by atoms with Crippen LogP contribution >= 0.6 is 0 Å². The lowest BCUT2D eigenvalue weighted by Gasteiger charge is -2.32. The third-order valence-electron chi connectivity index (χ3n) is 5.91. The Balaban J connectivity index is 1.47. The van der Waals surface area contributed by atoms with E-state index in [9.17, 15) is 14.4 Å². The number of imide groups is 1. The van der Waals surface area contributed by atoms with E-state index in [0.29, 0.717) is 50.2 Å². The summed E-state index contributed by atoms with van der Waals surface area (Å²) < 4.78 is 8.02. The van der Waals surface area contributed by atoms with Crippen LogP contribution in [0.15, 0.2) is 23.2 Å². The molecule has 2 aromatic rings. The lowest BCUT2D eigenvalue weighted by atomic mass is 9.93. The van der Waals surface area contributed by atoms with Crippen LogP contribution in [0.5, 0.6) is 5.75 Å². The summed E-state index contributed by atoms with van der Waals surface area (Å²) in [4.78, 5) is 41.6. The number of aryl methyl sites for hydroxylation is 1. The van der Waals surface area contributed by atoms with E-state index >= 15 is 0 Å². The smallest absolute Gasteiger partial charge is 0.244 e. The monoisotopic (exact) mass is 441 g/mol. The van der Waals surface area contributed by atoms with Gasteiger partial charge in [0, 0.05) is 44.8 Å². The molecule has 0 radical (unpaired) electrons. The second-order valence-electron chi connectivity index (χ2n) is 8.10. The van der Waals surface area contributed by atoms with E-state index in [-0.39, 0.29) is 36.3 Å². The summed E-state index contributed by atoms with van der Waals surface area (Å²) in [7, 11) is 1.81. The van der Waals surface area contributed by atoms with Crippen molar-refractivity contribution in [1.82, 2.24) is 20.0 Å². The maximum absolute atomic E-state index is 12.4. The molecule has 3 heterocycles. The second-order valence-corrected chi connectivity index (χ2v) is 8.10. The van der Waals surface area contributed by atoms with Crippen LogP contribution in [0.4, 0.5) is 0 Å². The molecule has 3 amide bonds. The van der Waals surface area contributed by atoms with E-state index in [0.717, 1.165) is 10.9 Å². The lowest BCUT2D eigenvalue weighted by molar-refractivity contribution is -0.134. The van der Waals surface area contributed by atoms with Crippen LogP contribution < -0.4 is 21.5 Å². The highest BCUT2D eigenvalue weighted by Gasteiger charge is 2.32. The third kappa shape index (κ3) is 4.36. The van der Waals surface area contributed by atoms with Crippen molar-refractivity contribution in [1.29, 1.82) is 0 Å². The lowest BCUT2D eigenvalue weighted by Crippen LogP contribution is -2.43. The van der Waals surface area contributed by atoms with Crippen LogP contribution in [0.1, 0.15) is 37.3 Å². The number of amides is 3. The van der Waals surface area contributed by atoms with Gasteiger partial charge in [-0.25, -0.2) is 4.99 Å². The first kappa shape index (κ1) is 21.6. The average Bonchev–Trinajstić information content (AvgIpc) is 3.10. The van der Waals surface area contributed by atoms with Crippen LogP contribution in [-0.2, 0) is 21.4 Å². The fraction of sp³-hybridized carbons (Fsp3) is 0.476. The van der Waals surface area contributed by atoms with Gasteiger partial charge in [0.15, 0.2) is 5.96 Å². The van der Waals surface area contributed by atoms with Crippen LogP contribution in [0.3, 0.4) is 0 Å². The zero-order valence-corrected chi connectivity index (χ0v) is 17.9. The molecule has 2 aliphatic rings. The number of rotatable bonds is 5. The largest absolute Gasteiger partial charge is 0.488 e. The molecular formula is C21H27N7O4. The number of carbonyl (C=O) groups is 3. The number of hydrogen-bond donors (Lipinski definition) is 3. The number of aliphatic imine (C=N–C) groups is 1. The van der Waals surface area contributed by atoms with Crippen LogP contribution in [0.2, 0.25) is 0 Å². The van der Waals surface area contributed by atoms with Crippen molar-refractivity contribution in [2.45, 2.75) is 37.7 Å². The quantitative estimate of drug-likeness (QED) is 0.327. The standard InChI is InChI=1S/C21H27N7O4/c1-27-19-13(18(26-27)14-5-6-16(29)25-20(14)31)3-2-4-15(19)32-12-7-9-28(10-8-12)17(30)11-24-21(22)23/h2-4,12,14H,5-11H2,1H3,(H4,22,23,24)(H,25,29,31). The fourth-order valence-electron chi connectivity index (χ4n) is 4.30. The molecule has 0 bridgehead atoms. The van der Waals surface area contributed by atoms with E-state index < -0.39 is 5.92 Å². The SMILES string of the molecule is Cn1nc(C2CCC(=O)NC2=O)c2cccc(OC3CCN(C(=O)CN=C(N)N)CC3)c21. The Morgan fingerprint density at radius 3 is 2.69 bits per heavy atom. The number of aromatic nitrogens is 2. The van der Waals surface area contributed by atoms with Gasteiger partial charge in [0.05, 0.1) is 11.6 Å². The van der Waals surface area contributed by atoms with Gasteiger partial charge in [-0.05, 0) is 12.5 Å². The Morgan fingerprint density at radius 2 is 2.00 bits per heavy atom. The molecule has 5 N–H and O–H groups in total. The summed E-state index contributed by atoms with van der Waals surface area (Å²) >= 11 is 0. The molecule has 32 heavy (non-hydrogen) atoms. The van der Waals surface area contributed by atoms with Gasteiger partial charge in [-0.2, -0.15) is 5.10 Å². The molecule has 11 nitrogen and oxygen atoms in total. The Bertz CT molecular complexity index is 1080. The van der Waals surface area contributed by atoms with E-state index in [2.05, 4.69) is 15.4 Å². The van der Waals surface area contributed by atoms with E-state index in [1.54, 1.807) is 9.58 Å². The fourth-order valence-corrected chi connectivity index (χ4v) is 4.30. The van der Waals surface area contributed by atoms with Crippen LogP contribution in [0.25, 0.3) is 10.9 Å². The number of likely N-dealkylation sites (tertiary alicyclic amines) is 1. The summed E-state index contributed by atoms with van der Waals surface area (Å²) in [6.45, 7) is 1.07. The summed E-state index contributed by atoms with van der Waals surface area (Å²) in [5.41, 5.74) is 12.0. The first-order chi connectivity index (χ1) is 15.3. The third-order valence-corrected chi connectivity index (χ3v) is 5.91. The summed E-state index contributed by atoms with van der Waals surface area (Å²) in [5, 5.41) is 7.83. The number of nitrogens with zero attached hydrogens (tertiary/aromatic N) is 4. The molecule has 4 rings (SSSR count). The number of guanidine groups is 1. The molecule has 2 saturated heterocycles. The minimum Gasteiger partial charge on any atom is -0.488 e. The van der Waals surface area contributed by atoms with Gasteiger partial charge in [-0.1, -0.05) is 12.1 Å². The predicted molar refractivity (Wildman–Crippen MR) is 117 cm³/mol. The Labute approximate surface area is 184 Å². The zero-order valence-electron chi connectivity index (χ0n) is 17.9. The van der Waals surface area contributed by atoms with Crippen molar-refractivity contribution >= 4 is 34.6 Å². The van der Waals surface area contributed by atoms with Crippen LogP contribution in [-0.4, -0.2) is 64.1 Å². The van der Waals surface area contributed by atoms with Gasteiger partial charge in [-0.3, -0.25) is 24.4 Å². The molecule has 0 aliphatic carbocycles. The summed E-state index contributed by atoms with van der Waals surface area (Å²) in [6.07, 6.45) is 2.05. The highest BCUT2D eigenvalue weighted by atomic mass is 16.5. The van der Waals surface area contributed by atoms with Crippen molar-refractivity contribution in [3.05, 3.63) is 23.9 Å². The van der Waals surface area contributed by atoms with Crippen molar-refractivity contribution in [3.63, 3.8) is 0 Å². The highest BCUT2D eigenvalue weighted by Crippen LogP contribution is 2.35. The summed E-state index contributed by atoms with van der Waals surface area (Å²) in [6, 6.07) is 5.68. The van der Waals surface area contributed by atoms with Crippen molar-refractivity contribution < 1.29 is 19.1 Å². The number of nitrogens with one attached hydrogen (secondary N) is 1. The Kier molecular flexibility index (Phi) is 5.97. The maximum atomic E-state index is 12.4. The minimum atomic E-state index is -0.467. The molecule has 1 atom stereocenters. The molecule has 1 unspecified atom stereocenters. The van der Waals surface area contributed by atoms with Crippen molar-refractivity contribution in [3.8, 4) is 5.75 Å². The second kappa shape index (κ2) is 8.85. The molecule has 170 valence electrons. The predicted octanol–water partition coefficient (Wildman–Crippen LogP) is -0.263. The van der Waals surface area contributed by atoms with Gasteiger partial charge < -0.3 is 21.1 Å². The molecule has 2 fully saturated rings. The van der Waals surface area contributed by atoms with Crippen LogP contribution in [0, 0.1) is 0 Å². The molecule has 1 aromatic heterocycles. The Morgan fingerprint density at radius 1 is 1.25 bits per heavy atom. The number of carbonyl (C=O) groups excluding carboxylic acids is 3. The minimum absolute atomic E-state index is 0.0503. The van der Waals surface area contributed by atoms with Crippen molar-refractivity contribution in [2.75, 3.05) is 19.6 Å². The molecular weight excluding hydrogens is 414 g/mol. The molecule has 0 spiro atoms. The number of ether oxygens (including phenoxy) is 1. The first-order valence-corrected chi connectivity index (χ1v) is 10.6. The van der Waals surface area contributed by atoms with E-state index in [4.69, 9.17) is 16.2 Å². The topological polar surface area (TPSA) is 158 Å². The summed E-state index contributed by atoms with van der Waals surface area (Å²) in [5.74, 6) is -0.562. The van der Waals surface area contributed by atoms with Gasteiger partial charge in [0.25, 0.3) is 0 Å².